The average Bonchev–Trinajstić information content (AvgIpc) is 3.20. The van der Waals surface area contributed by atoms with E-state index in [-0.39, 0.29) is 12.1 Å². The van der Waals surface area contributed by atoms with Crippen LogP contribution in [0.15, 0.2) is 67.3 Å². The first kappa shape index (κ1) is 15.8. The normalized spacial score (nSPS) is 19.9. The Balaban J connectivity index is 1.72. The Hall–Kier alpha value is -2.73. The molecular weight excluding hydrogens is 330 g/mol. The molecule has 1 aliphatic heterocycles. The van der Waals surface area contributed by atoms with E-state index < -0.39 is 0 Å². The number of aromatic nitrogens is 3. The van der Waals surface area contributed by atoms with Gasteiger partial charge in [-0.2, -0.15) is 0 Å². The molecule has 0 amide bonds. The van der Waals surface area contributed by atoms with Crippen molar-refractivity contribution in [2.45, 2.75) is 18.6 Å². The number of pyridine rings is 2. The number of rotatable bonds is 4. The highest BCUT2D eigenvalue weighted by atomic mass is 32.1. The number of hydrogen-bond donors (Lipinski definition) is 1. The third-order valence-corrected chi connectivity index (χ3v) is 4.80. The van der Waals surface area contributed by atoms with Gasteiger partial charge in [0.2, 0.25) is 0 Å². The SMILES string of the molecule is Cn1ccc([C@H]2[C@H](c3ccccn3)NC(=S)N2Cc2ccccn2)c1. The fraction of sp³-hybridized carbons (Fsp3) is 0.211. The first-order valence-corrected chi connectivity index (χ1v) is 8.63. The van der Waals surface area contributed by atoms with Crippen LogP contribution in [-0.4, -0.2) is 24.5 Å². The molecule has 1 aliphatic rings. The highest BCUT2D eigenvalue weighted by Gasteiger charge is 2.40. The summed E-state index contributed by atoms with van der Waals surface area (Å²) in [6.07, 6.45) is 7.84. The first-order chi connectivity index (χ1) is 12.2. The van der Waals surface area contributed by atoms with E-state index in [0.29, 0.717) is 6.54 Å². The van der Waals surface area contributed by atoms with E-state index in [1.807, 2.05) is 55.8 Å². The second kappa shape index (κ2) is 6.64. The van der Waals surface area contributed by atoms with Crippen LogP contribution in [0.2, 0.25) is 0 Å². The van der Waals surface area contributed by atoms with Crippen LogP contribution < -0.4 is 5.32 Å². The van der Waals surface area contributed by atoms with Crippen molar-refractivity contribution in [1.29, 1.82) is 0 Å². The Morgan fingerprint density at radius 1 is 1.08 bits per heavy atom. The summed E-state index contributed by atoms with van der Waals surface area (Å²) in [5, 5.41) is 4.19. The zero-order chi connectivity index (χ0) is 17.2. The minimum absolute atomic E-state index is 0.0137. The predicted octanol–water partition coefficient (Wildman–Crippen LogP) is 2.99. The number of nitrogens with one attached hydrogen (secondary N) is 1. The summed E-state index contributed by atoms with van der Waals surface area (Å²) in [5.74, 6) is 0. The minimum atomic E-state index is 0.0137. The smallest absolute Gasteiger partial charge is 0.170 e. The van der Waals surface area contributed by atoms with Crippen LogP contribution in [0.1, 0.15) is 29.0 Å². The Morgan fingerprint density at radius 3 is 2.52 bits per heavy atom. The van der Waals surface area contributed by atoms with Crippen LogP contribution in [0, 0.1) is 0 Å². The van der Waals surface area contributed by atoms with Gasteiger partial charge in [-0.1, -0.05) is 12.1 Å². The average molecular weight is 349 g/mol. The van der Waals surface area contributed by atoms with Crippen molar-refractivity contribution in [2.24, 2.45) is 7.05 Å². The lowest BCUT2D eigenvalue weighted by Gasteiger charge is -2.26. The van der Waals surface area contributed by atoms with Crippen molar-refractivity contribution in [3.8, 4) is 0 Å². The molecule has 0 spiro atoms. The van der Waals surface area contributed by atoms with Gasteiger partial charge in [0.1, 0.15) is 0 Å². The minimum Gasteiger partial charge on any atom is -0.357 e. The molecule has 1 saturated heterocycles. The third kappa shape index (κ3) is 3.13. The van der Waals surface area contributed by atoms with Gasteiger partial charge in [-0.3, -0.25) is 9.97 Å². The van der Waals surface area contributed by atoms with Crippen LogP contribution >= 0.6 is 12.2 Å². The fourth-order valence-electron chi connectivity index (χ4n) is 3.31. The third-order valence-electron chi connectivity index (χ3n) is 4.45. The second-order valence-corrected chi connectivity index (χ2v) is 6.57. The molecule has 2 atom stereocenters. The molecule has 1 fully saturated rings. The van der Waals surface area contributed by atoms with Crippen LogP contribution in [0.5, 0.6) is 0 Å². The van der Waals surface area contributed by atoms with E-state index in [0.717, 1.165) is 16.5 Å². The monoisotopic (exact) mass is 349 g/mol. The van der Waals surface area contributed by atoms with Crippen molar-refractivity contribution in [3.63, 3.8) is 0 Å². The van der Waals surface area contributed by atoms with E-state index in [1.165, 1.54) is 5.56 Å². The highest BCUT2D eigenvalue weighted by molar-refractivity contribution is 7.80. The Bertz CT molecular complexity index is 862. The maximum absolute atomic E-state index is 5.65. The molecule has 0 aromatic carbocycles. The molecule has 0 aliphatic carbocycles. The summed E-state index contributed by atoms with van der Waals surface area (Å²) in [5.41, 5.74) is 3.19. The summed E-state index contributed by atoms with van der Waals surface area (Å²) in [7, 11) is 2.03. The molecule has 4 rings (SSSR count). The van der Waals surface area contributed by atoms with Gasteiger partial charge in [0, 0.05) is 31.8 Å². The van der Waals surface area contributed by atoms with Crippen molar-refractivity contribution >= 4 is 17.3 Å². The zero-order valence-corrected chi connectivity index (χ0v) is 14.7. The molecule has 0 unspecified atom stereocenters. The van der Waals surface area contributed by atoms with Crippen molar-refractivity contribution in [1.82, 2.24) is 24.8 Å². The van der Waals surface area contributed by atoms with Crippen LogP contribution in [0.25, 0.3) is 0 Å². The van der Waals surface area contributed by atoms with Gasteiger partial charge < -0.3 is 14.8 Å². The Kier molecular flexibility index (Phi) is 4.19. The maximum atomic E-state index is 5.65. The van der Waals surface area contributed by atoms with Gasteiger partial charge >= 0.3 is 0 Å². The van der Waals surface area contributed by atoms with Gasteiger partial charge in [0.05, 0.1) is 30.0 Å². The molecule has 5 nitrogen and oxygen atoms in total. The van der Waals surface area contributed by atoms with E-state index in [2.05, 4.69) is 43.2 Å². The topological polar surface area (TPSA) is 46.0 Å². The summed E-state index contributed by atoms with van der Waals surface area (Å²) in [6.45, 7) is 0.662. The van der Waals surface area contributed by atoms with Gasteiger partial charge in [0.25, 0.3) is 0 Å². The van der Waals surface area contributed by atoms with Crippen molar-refractivity contribution in [3.05, 3.63) is 84.2 Å². The molecule has 126 valence electrons. The van der Waals surface area contributed by atoms with Gasteiger partial charge in [-0.05, 0) is 48.1 Å². The summed E-state index contributed by atoms with van der Waals surface area (Å²) < 4.78 is 2.06. The molecular formula is C19H19N5S. The molecule has 25 heavy (non-hydrogen) atoms. The molecule has 0 bridgehead atoms. The molecule has 0 saturated carbocycles. The molecule has 6 heteroatoms. The second-order valence-electron chi connectivity index (χ2n) is 6.19. The van der Waals surface area contributed by atoms with E-state index in [1.54, 1.807) is 0 Å². The zero-order valence-electron chi connectivity index (χ0n) is 13.9. The fourth-order valence-corrected chi connectivity index (χ4v) is 3.61. The van der Waals surface area contributed by atoms with Crippen LogP contribution in [0.3, 0.4) is 0 Å². The number of hydrogen-bond acceptors (Lipinski definition) is 3. The van der Waals surface area contributed by atoms with E-state index in [4.69, 9.17) is 12.2 Å². The molecule has 0 radical (unpaired) electrons. The lowest BCUT2D eigenvalue weighted by Crippen LogP contribution is -2.29. The summed E-state index contributed by atoms with van der Waals surface area (Å²) in [6, 6.07) is 14.2. The number of aryl methyl sites for hydroxylation is 1. The van der Waals surface area contributed by atoms with E-state index >= 15 is 0 Å². The summed E-state index contributed by atoms with van der Waals surface area (Å²) >= 11 is 5.65. The standard InChI is InChI=1S/C19H19N5S/c1-23-11-8-14(12-23)18-17(16-7-3-5-10-21-16)22-19(25)24(18)13-15-6-2-4-9-20-15/h2-12,17-18H,13H2,1H3,(H,22,25)/t17-,18-/m0/s1. The molecule has 1 N–H and O–H groups in total. The highest BCUT2D eigenvalue weighted by Crippen LogP contribution is 2.39. The maximum Gasteiger partial charge on any atom is 0.170 e. The summed E-state index contributed by atoms with van der Waals surface area (Å²) in [4.78, 5) is 11.2. The Labute approximate surface area is 152 Å². The lowest BCUT2D eigenvalue weighted by molar-refractivity contribution is 0.308. The quantitative estimate of drug-likeness (QED) is 0.734. The largest absolute Gasteiger partial charge is 0.357 e. The van der Waals surface area contributed by atoms with E-state index in [9.17, 15) is 0 Å². The lowest BCUT2D eigenvalue weighted by atomic mass is 9.99. The van der Waals surface area contributed by atoms with Gasteiger partial charge in [0.15, 0.2) is 5.11 Å². The van der Waals surface area contributed by atoms with Gasteiger partial charge in [-0.25, -0.2) is 0 Å². The number of nitrogens with zero attached hydrogens (tertiary/aromatic N) is 4. The molecule has 3 aromatic heterocycles. The molecule has 3 aromatic rings. The van der Waals surface area contributed by atoms with Crippen LogP contribution in [-0.2, 0) is 13.6 Å². The number of thiocarbonyl (C=S) groups is 1. The van der Waals surface area contributed by atoms with Crippen LogP contribution in [0.4, 0.5) is 0 Å². The Morgan fingerprint density at radius 2 is 1.88 bits per heavy atom. The van der Waals surface area contributed by atoms with Crippen molar-refractivity contribution in [2.75, 3.05) is 0 Å². The molecule has 4 heterocycles. The van der Waals surface area contributed by atoms with Gasteiger partial charge in [-0.15, -0.1) is 0 Å². The predicted molar refractivity (Wildman–Crippen MR) is 101 cm³/mol. The van der Waals surface area contributed by atoms with Crippen molar-refractivity contribution < 1.29 is 0 Å². The first-order valence-electron chi connectivity index (χ1n) is 8.22.